The molecule has 0 saturated heterocycles. The molecule has 4 aromatic rings. The molecule has 1 aliphatic rings. The van der Waals surface area contributed by atoms with Crippen LogP contribution in [0, 0.1) is 5.82 Å². The van der Waals surface area contributed by atoms with Gasteiger partial charge >= 0.3 is 6.03 Å². The lowest BCUT2D eigenvalue weighted by atomic mass is 9.94. The Balaban J connectivity index is 1.55. The number of nitrogens with one attached hydrogen (secondary N) is 1. The Kier molecular flexibility index (Phi) is 6.49. The van der Waals surface area contributed by atoms with Gasteiger partial charge < -0.3 is 14.6 Å². The maximum atomic E-state index is 14.1. The minimum absolute atomic E-state index is 0.261. The van der Waals surface area contributed by atoms with E-state index in [9.17, 15) is 9.18 Å². The Morgan fingerprint density at radius 1 is 1.06 bits per heavy atom. The largest absolute Gasteiger partial charge is 0.494 e. The predicted octanol–water partition coefficient (Wildman–Crippen LogP) is 5.97. The van der Waals surface area contributed by atoms with Gasteiger partial charge in [-0.2, -0.15) is 4.98 Å². The summed E-state index contributed by atoms with van der Waals surface area (Å²) in [6, 6.07) is 22.2. The van der Waals surface area contributed by atoms with E-state index < -0.39 is 11.9 Å². The van der Waals surface area contributed by atoms with Crippen molar-refractivity contribution < 1.29 is 18.4 Å². The van der Waals surface area contributed by atoms with E-state index in [0.29, 0.717) is 35.8 Å². The number of ether oxygens (including phenoxy) is 1. The highest BCUT2D eigenvalue weighted by Gasteiger charge is 2.36. The molecule has 8 heteroatoms. The van der Waals surface area contributed by atoms with Crippen molar-refractivity contribution in [1.82, 2.24) is 20.4 Å². The number of benzene rings is 3. The van der Waals surface area contributed by atoms with Gasteiger partial charge in [-0.1, -0.05) is 59.8 Å². The van der Waals surface area contributed by atoms with Crippen molar-refractivity contribution in [3.8, 4) is 17.1 Å². The lowest BCUT2D eigenvalue weighted by Gasteiger charge is -2.35. The lowest BCUT2D eigenvalue weighted by molar-refractivity contribution is 0.203. The molecule has 5 rings (SSSR count). The average molecular weight is 485 g/mol. The highest BCUT2D eigenvalue weighted by molar-refractivity contribution is 5.86. The molecule has 7 nitrogen and oxygen atoms in total. The van der Waals surface area contributed by atoms with Crippen molar-refractivity contribution in [3.05, 3.63) is 107 Å². The van der Waals surface area contributed by atoms with Crippen molar-refractivity contribution in [2.24, 2.45) is 0 Å². The fourth-order valence-electron chi connectivity index (χ4n) is 4.26. The zero-order valence-corrected chi connectivity index (χ0v) is 19.9. The molecular formula is C28H25FN4O3. The summed E-state index contributed by atoms with van der Waals surface area (Å²) >= 11 is 0. The van der Waals surface area contributed by atoms with Crippen LogP contribution >= 0.6 is 0 Å². The van der Waals surface area contributed by atoms with E-state index in [1.54, 1.807) is 17.0 Å². The van der Waals surface area contributed by atoms with Crippen LogP contribution in [0.1, 0.15) is 36.9 Å². The molecule has 1 N–H and O–H groups in total. The van der Waals surface area contributed by atoms with Crippen LogP contribution in [0.3, 0.4) is 0 Å². The maximum Gasteiger partial charge on any atom is 0.322 e. The SMILES string of the molecule is CCOc1ccc(CN2C(=O)NC(c3cccc(F)c3)C(c3nc(-c4ccccc4)no3)=C2C)cc1. The molecule has 1 aromatic heterocycles. The van der Waals surface area contributed by atoms with E-state index in [-0.39, 0.29) is 11.9 Å². The summed E-state index contributed by atoms with van der Waals surface area (Å²) in [6.45, 7) is 4.66. The van der Waals surface area contributed by atoms with Gasteiger partial charge in [0.25, 0.3) is 5.89 Å². The fraction of sp³-hybridized carbons (Fsp3) is 0.179. The van der Waals surface area contributed by atoms with Gasteiger partial charge in [-0.25, -0.2) is 9.18 Å². The minimum atomic E-state index is -0.658. The zero-order chi connectivity index (χ0) is 25.1. The molecule has 0 aliphatic carbocycles. The highest BCUT2D eigenvalue weighted by Crippen LogP contribution is 2.38. The van der Waals surface area contributed by atoms with Gasteiger partial charge in [0.05, 0.1) is 24.8 Å². The first-order valence-corrected chi connectivity index (χ1v) is 11.7. The lowest BCUT2D eigenvalue weighted by Crippen LogP contribution is -2.45. The summed E-state index contributed by atoms with van der Waals surface area (Å²) in [6.07, 6.45) is 0. The van der Waals surface area contributed by atoms with Crippen LogP contribution in [0.4, 0.5) is 9.18 Å². The van der Waals surface area contributed by atoms with Crippen molar-refractivity contribution in [2.75, 3.05) is 6.61 Å². The van der Waals surface area contributed by atoms with E-state index >= 15 is 0 Å². The number of hydrogen-bond donors (Lipinski definition) is 1. The number of rotatable bonds is 7. The van der Waals surface area contributed by atoms with Gasteiger partial charge in [0.2, 0.25) is 5.82 Å². The number of aromatic nitrogens is 2. The zero-order valence-electron chi connectivity index (χ0n) is 19.9. The fourth-order valence-corrected chi connectivity index (χ4v) is 4.26. The quantitative estimate of drug-likeness (QED) is 0.349. The topological polar surface area (TPSA) is 80.5 Å². The smallest absolute Gasteiger partial charge is 0.322 e. The van der Waals surface area contributed by atoms with Gasteiger partial charge in [-0.15, -0.1) is 0 Å². The summed E-state index contributed by atoms with van der Waals surface area (Å²) < 4.78 is 25.3. The molecule has 0 saturated carbocycles. The maximum absolute atomic E-state index is 14.1. The molecule has 2 amide bonds. The van der Waals surface area contributed by atoms with Crippen molar-refractivity contribution in [2.45, 2.75) is 26.4 Å². The second kappa shape index (κ2) is 10.0. The second-order valence-corrected chi connectivity index (χ2v) is 8.39. The van der Waals surface area contributed by atoms with Crippen molar-refractivity contribution in [3.63, 3.8) is 0 Å². The van der Waals surface area contributed by atoms with Crippen LogP contribution in [0.25, 0.3) is 17.0 Å². The third-order valence-electron chi connectivity index (χ3n) is 6.04. The Hall–Kier alpha value is -4.46. The molecule has 1 unspecified atom stereocenters. The van der Waals surface area contributed by atoms with Gasteiger partial charge in [0.1, 0.15) is 11.6 Å². The number of halogens is 1. The molecule has 2 heterocycles. The molecule has 0 bridgehead atoms. The molecule has 182 valence electrons. The molecule has 0 radical (unpaired) electrons. The third-order valence-corrected chi connectivity index (χ3v) is 6.04. The van der Waals surface area contributed by atoms with Crippen LogP contribution in [-0.4, -0.2) is 27.7 Å². The van der Waals surface area contributed by atoms with Crippen LogP contribution < -0.4 is 10.1 Å². The molecule has 0 spiro atoms. The van der Waals surface area contributed by atoms with Gasteiger partial charge in [-0.05, 0) is 49.2 Å². The number of nitrogens with zero attached hydrogens (tertiary/aromatic N) is 3. The number of carbonyl (C=O) groups is 1. The predicted molar refractivity (Wildman–Crippen MR) is 133 cm³/mol. The monoisotopic (exact) mass is 484 g/mol. The number of hydrogen-bond acceptors (Lipinski definition) is 5. The standard InChI is InChI=1S/C28H25FN4O3/c1-3-35-23-14-12-19(13-15-23)17-33-18(2)24(25(30-28(33)34)21-10-7-11-22(29)16-21)27-31-26(32-36-27)20-8-5-4-6-9-20/h4-16,25H,3,17H2,1-2H3,(H,30,34). The first kappa shape index (κ1) is 23.3. The summed E-state index contributed by atoms with van der Waals surface area (Å²) in [5.41, 5.74) is 3.56. The van der Waals surface area contributed by atoms with E-state index in [1.807, 2.05) is 68.4 Å². The summed E-state index contributed by atoms with van der Waals surface area (Å²) in [5.74, 6) is 1.06. The Morgan fingerprint density at radius 3 is 2.56 bits per heavy atom. The van der Waals surface area contributed by atoms with Crippen LogP contribution in [-0.2, 0) is 6.54 Å². The van der Waals surface area contributed by atoms with E-state index in [1.165, 1.54) is 12.1 Å². The minimum Gasteiger partial charge on any atom is -0.494 e. The normalized spacial score (nSPS) is 15.7. The Labute approximate surface area is 208 Å². The van der Waals surface area contributed by atoms with Gasteiger partial charge in [-0.3, -0.25) is 4.90 Å². The van der Waals surface area contributed by atoms with Crippen LogP contribution in [0.5, 0.6) is 5.75 Å². The number of amides is 2. The van der Waals surface area contributed by atoms with E-state index in [0.717, 1.165) is 16.9 Å². The Bertz CT molecular complexity index is 1400. The molecule has 1 aliphatic heterocycles. The number of allylic oxidation sites excluding steroid dienone is 1. The summed E-state index contributed by atoms with van der Waals surface area (Å²) in [5, 5.41) is 7.16. The first-order valence-electron chi connectivity index (χ1n) is 11.7. The van der Waals surface area contributed by atoms with Crippen molar-refractivity contribution in [1.29, 1.82) is 0 Å². The summed E-state index contributed by atoms with van der Waals surface area (Å²) in [7, 11) is 0. The van der Waals surface area contributed by atoms with Crippen molar-refractivity contribution >= 4 is 11.6 Å². The van der Waals surface area contributed by atoms with E-state index in [2.05, 4.69) is 15.5 Å². The third kappa shape index (κ3) is 4.70. The Morgan fingerprint density at radius 2 is 1.83 bits per heavy atom. The number of carbonyl (C=O) groups excluding carboxylic acids is 1. The summed E-state index contributed by atoms with van der Waals surface area (Å²) in [4.78, 5) is 19.5. The van der Waals surface area contributed by atoms with E-state index in [4.69, 9.17) is 9.26 Å². The molecular weight excluding hydrogens is 459 g/mol. The van der Waals surface area contributed by atoms with Crippen LogP contribution in [0.15, 0.2) is 89.1 Å². The van der Waals surface area contributed by atoms with Gasteiger partial charge in [0.15, 0.2) is 0 Å². The van der Waals surface area contributed by atoms with Crippen LogP contribution in [0.2, 0.25) is 0 Å². The molecule has 3 aromatic carbocycles. The molecule has 1 atom stereocenters. The second-order valence-electron chi connectivity index (χ2n) is 8.39. The average Bonchev–Trinajstić information content (AvgIpc) is 3.38. The van der Waals surface area contributed by atoms with Gasteiger partial charge in [0, 0.05) is 11.3 Å². The number of urea groups is 1. The molecule has 36 heavy (non-hydrogen) atoms. The first-order chi connectivity index (χ1) is 17.5. The molecule has 0 fully saturated rings. The highest BCUT2D eigenvalue weighted by atomic mass is 19.1.